The minimum Gasteiger partial charge on any atom is -0.447 e. The van der Waals surface area contributed by atoms with Gasteiger partial charge in [0.25, 0.3) is 10.0 Å². The van der Waals surface area contributed by atoms with Gasteiger partial charge in [0, 0.05) is 5.56 Å². The van der Waals surface area contributed by atoms with Crippen LogP contribution in [0.15, 0.2) is 58.4 Å². The largest absolute Gasteiger partial charge is 0.447 e. The summed E-state index contributed by atoms with van der Waals surface area (Å²) in [7, 11) is -3.68. The van der Waals surface area contributed by atoms with E-state index in [0.717, 1.165) is 0 Å². The van der Waals surface area contributed by atoms with Crippen LogP contribution in [0.4, 0.5) is 16.2 Å². The van der Waals surface area contributed by atoms with Crippen molar-refractivity contribution in [2.75, 3.05) is 23.4 Å². The Morgan fingerprint density at radius 3 is 2.69 bits per heavy atom. The fraction of sp³-hybridized carbons (Fsp3) is 0.211. The lowest BCUT2D eigenvalue weighted by molar-refractivity contribution is -0.117. The fourth-order valence-electron chi connectivity index (χ4n) is 3.15. The molecule has 2 aliphatic rings. The molecule has 1 atom stereocenters. The number of ether oxygens (including phenoxy) is 1. The van der Waals surface area contributed by atoms with Crippen molar-refractivity contribution in [1.29, 1.82) is 0 Å². The van der Waals surface area contributed by atoms with E-state index in [0.29, 0.717) is 23.5 Å². The molecule has 0 saturated carbocycles. The number of amides is 2. The SMILES string of the molecule is C[C@H](N=C1NS(=O)(=O)c2ccccc21)C(=O)Nc1ccccc1N1CCOC1=O. The maximum atomic E-state index is 12.7. The van der Waals surface area contributed by atoms with Crippen molar-refractivity contribution >= 4 is 39.2 Å². The summed E-state index contributed by atoms with van der Waals surface area (Å²) < 4.78 is 31.7. The standard InChI is InChI=1S/C19H18N4O5S/c1-12(20-17-13-6-2-5-9-16(13)29(26,27)22-17)18(24)21-14-7-3-4-8-15(14)23-10-11-28-19(23)25/h2-9,12H,10-11H2,1H3,(H,20,22)(H,21,24)/t12-/m0/s1. The number of anilines is 2. The van der Waals surface area contributed by atoms with Gasteiger partial charge in [-0.3, -0.25) is 19.4 Å². The van der Waals surface area contributed by atoms with E-state index in [4.69, 9.17) is 4.74 Å². The molecule has 2 aromatic carbocycles. The van der Waals surface area contributed by atoms with E-state index >= 15 is 0 Å². The molecular formula is C19H18N4O5S. The van der Waals surface area contributed by atoms with Gasteiger partial charge in [-0.1, -0.05) is 24.3 Å². The second-order valence-electron chi connectivity index (χ2n) is 6.53. The Bertz CT molecular complexity index is 1130. The number of rotatable bonds is 4. The highest BCUT2D eigenvalue weighted by Gasteiger charge is 2.31. The molecule has 0 unspecified atom stereocenters. The monoisotopic (exact) mass is 414 g/mol. The number of aliphatic imine (C=N–C) groups is 1. The van der Waals surface area contributed by atoms with Crippen LogP contribution in [-0.4, -0.2) is 45.4 Å². The highest BCUT2D eigenvalue weighted by atomic mass is 32.2. The van der Waals surface area contributed by atoms with Crippen LogP contribution in [0.2, 0.25) is 0 Å². The summed E-state index contributed by atoms with van der Waals surface area (Å²) in [4.78, 5) is 30.4. The third-order valence-electron chi connectivity index (χ3n) is 4.58. The van der Waals surface area contributed by atoms with Crippen molar-refractivity contribution in [1.82, 2.24) is 4.72 Å². The quantitative estimate of drug-likeness (QED) is 0.790. The second kappa shape index (κ2) is 7.21. The molecule has 0 bridgehead atoms. The number of fused-ring (bicyclic) bond motifs is 1. The first-order chi connectivity index (χ1) is 13.9. The predicted octanol–water partition coefficient (Wildman–Crippen LogP) is 1.71. The third kappa shape index (κ3) is 3.54. The van der Waals surface area contributed by atoms with Crippen LogP contribution in [0.5, 0.6) is 0 Å². The molecule has 4 rings (SSSR count). The normalized spacial score (nSPS) is 19.4. The van der Waals surface area contributed by atoms with E-state index in [1.165, 1.54) is 11.0 Å². The Morgan fingerprint density at radius 1 is 1.21 bits per heavy atom. The molecule has 1 saturated heterocycles. The number of sulfonamides is 1. The molecule has 0 spiro atoms. The molecule has 2 N–H and O–H groups in total. The number of nitrogens with zero attached hydrogens (tertiary/aromatic N) is 2. The number of amidine groups is 1. The topological polar surface area (TPSA) is 117 Å². The van der Waals surface area contributed by atoms with Crippen molar-refractivity contribution in [3.63, 3.8) is 0 Å². The van der Waals surface area contributed by atoms with Crippen LogP contribution >= 0.6 is 0 Å². The number of hydrogen-bond acceptors (Lipinski definition) is 6. The summed E-state index contributed by atoms with van der Waals surface area (Å²) in [5.74, 6) is -0.319. The third-order valence-corrected chi connectivity index (χ3v) is 5.98. The summed E-state index contributed by atoms with van der Waals surface area (Å²) in [6.07, 6.45) is -0.475. The maximum absolute atomic E-state index is 12.7. The molecule has 29 heavy (non-hydrogen) atoms. The molecule has 0 aliphatic carbocycles. The van der Waals surface area contributed by atoms with Crippen LogP contribution in [0, 0.1) is 0 Å². The van der Waals surface area contributed by atoms with Gasteiger partial charge in [-0.2, -0.15) is 0 Å². The zero-order chi connectivity index (χ0) is 20.6. The molecule has 150 valence electrons. The fourth-order valence-corrected chi connectivity index (χ4v) is 4.39. The Balaban J connectivity index is 1.57. The van der Waals surface area contributed by atoms with Gasteiger partial charge >= 0.3 is 6.09 Å². The Morgan fingerprint density at radius 2 is 1.93 bits per heavy atom. The van der Waals surface area contributed by atoms with Gasteiger partial charge in [-0.15, -0.1) is 0 Å². The van der Waals surface area contributed by atoms with Crippen molar-refractivity contribution in [3.05, 3.63) is 54.1 Å². The first kappa shape index (κ1) is 18.9. The van der Waals surface area contributed by atoms with Gasteiger partial charge in [0.2, 0.25) is 5.91 Å². The lowest BCUT2D eigenvalue weighted by atomic mass is 10.2. The van der Waals surface area contributed by atoms with E-state index in [2.05, 4.69) is 15.0 Å². The molecule has 9 nitrogen and oxygen atoms in total. The van der Waals surface area contributed by atoms with Crippen LogP contribution in [-0.2, 0) is 19.6 Å². The number of cyclic esters (lactones) is 1. The second-order valence-corrected chi connectivity index (χ2v) is 8.18. The van der Waals surface area contributed by atoms with Crippen molar-refractivity contribution in [2.45, 2.75) is 17.9 Å². The number of benzene rings is 2. The van der Waals surface area contributed by atoms with Crippen LogP contribution in [0.1, 0.15) is 12.5 Å². The molecule has 2 aliphatic heterocycles. The van der Waals surface area contributed by atoms with Crippen LogP contribution in [0.25, 0.3) is 0 Å². The van der Waals surface area contributed by atoms with Gasteiger partial charge < -0.3 is 10.1 Å². The molecule has 2 heterocycles. The van der Waals surface area contributed by atoms with Gasteiger partial charge in [0.05, 0.1) is 22.8 Å². The highest BCUT2D eigenvalue weighted by Crippen LogP contribution is 2.28. The lowest BCUT2D eigenvalue weighted by Gasteiger charge is -2.18. The average Bonchev–Trinajstić information content (AvgIpc) is 3.23. The van der Waals surface area contributed by atoms with Crippen LogP contribution in [0.3, 0.4) is 0 Å². The molecule has 0 radical (unpaired) electrons. The van der Waals surface area contributed by atoms with Crippen molar-refractivity contribution in [2.24, 2.45) is 4.99 Å². The summed E-state index contributed by atoms with van der Waals surface area (Å²) in [6.45, 7) is 2.23. The van der Waals surface area contributed by atoms with E-state index < -0.39 is 28.1 Å². The maximum Gasteiger partial charge on any atom is 0.414 e. The highest BCUT2D eigenvalue weighted by molar-refractivity contribution is 7.90. The number of hydrogen-bond donors (Lipinski definition) is 2. The Kier molecular flexibility index (Phi) is 4.71. The lowest BCUT2D eigenvalue weighted by Crippen LogP contribution is -2.30. The molecule has 10 heteroatoms. The summed E-state index contributed by atoms with van der Waals surface area (Å²) in [5, 5.41) is 2.75. The van der Waals surface area contributed by atoms with E-state index in [1.807, 2.05) is 0 Å². The van der Waals surface area contributed by atoms with E-state index in [-0.39, 0.29) is 17.3 Å². The predicted molar refractivity (Wildman–Crippen MR) is 107 cm³/mol. The summed E-state index contributed by atoms with van der Waals surface area (Å²) >= 11 is 0. The molecule has 2 aromatic rings. The average molecular weight is 414 g/mol. The zero-order valence-electron chi connectivity index (χ0n) is 15.5. The van der Waals surface area contributed by atoms with Gasteiger partial charge in [0.1, 0.15) is 18.5 Å². The molecule has 0 aromatic heterocycles. The summed E-state index contributed by atoms with van der Waals surface area (Å²) in [6, 6.07) is 12.4. The smallest absolute Gasteiger partial charge is 0.414 e. The first-order valence-electron chi connectivity index (χ1n) is 8.91. The minimum absolute atomic E-state index is 0.125. The first-order valence-corrected chi connectivity index (χ1v) is 10.4. The Hall–Kier alpha value is -3.40. The van der Waals surface area contributed by atoms with E-state index in [1.54, 1.807) is 49.4 Å². The molecule has 2 amide bonds. The molecule has 1 fully saturated rings. The van der Waals surface area contributed by atoms with Gasteiger partial charge in [-0.25, -0.2) is 13.2 Å². The van der Waals surface area contributed by atoms with Gasteiger partial charge in [-0.05, 0) is 31.2 Å². The number of carbonyl (C=O) groups is 2. The van der Waals surface area contributed by atoms with Crippen LogP contribution < -0.4 is 14.9 Å². The zero-order valence-corrected chi connectivity index (χ0v) is 16.3. The number of nitrogens with one attached hydrogen (secondary N) is 2. The number of para-hydroxylation sites is 2. The Labute approximate surface area is 167 Å². The molecular weight excluding hydrogens is 396 g/mol. The van der Waals surface area contributed by atoms with Crippen molar-refractivity contribution in [3.8, 4) is 0 Å². The summed E-state index contributed by atoms with van der Waals surface area (Å²) in [5.41, 5.74) is 1.39. The minimum atomic E-state index is -3.68. The van der Waals surface area contributed by atoms with Gasteiger partial charge in [0.15, 0.2) is 0 Å². The van der Waals surface area contributed by atoms with Crippen molar-refractivity contribution < 1.29 is 22.7 Å². The number of carbonyl (C=O) groups excluding carboxylic acids is 2. The van der Waals surface area contributed by atoms with E-state index in [9.17, 15) is 18.0 Å².